The number of carbonyl (C=O) groups excluding carboxylic acids is 1. The molecular weight excluding hydrogens is 232 g/mol. The smallest absolute Gasteiger partial charge is 0.231 e. The van der Waals surface area contributed by atoms with Gasteiger partial charge < -0.3 is 11.1 Å². The summed E-state index contributed by atoms with van der Waals surface area (Å²) in [6.45, 7) is 1.83. The van der Waals surface area contributed by atoms with Gasteiger partial charge in [-0.2, -0.15) is 0 Å². The maximum Gasteiger partial charge on any atom is 0.231 e. The van der Waals surface area contributed by atoms with Crippen molar-refractivity contribution in [3.05, 3.63) is 28.8 Å². The lowest BCUT2D eigenvalue weighted by Gasteiger charge is -2.08. The largest absolute Gasteiger partial charge is 0.393 e. The summed E-state index contributed by atoms with van der Waals surface area (Å²) in [4.78, 5) is 11.5. The fraction of sp³-hybridized carbons (Fsp3) is 0.200. The minimum absolute atomic E-state index is 0.0429. The van der Waals surface area contributed by atoms with E-state index in [1.165, 1.54) is 0 Å². The first-order valence-corrected chi connectivity index (χ1v) is 5.12. The Morgan fingerprint density at radius 1 is 1.60 bits per heavy atom. The van der Waals surface area contributed by atoms with Crippen molar-refractivity contribution in [2.75, 3.05) is 5.32 Å². The third-order valence-corrected chi connectivity index (χ3v) is 2.43. The lowest BCUT2D eigenvalue weighted by molar-refractivity contribution is -0.115. The summed E-state index contributed by atoms with van der Waals surface area (Å²) in [7, 11) is 0. The zero-order valence-corrected chi connectivity index (χ0v) is 9.78. The van der Waals surface area contributed by atoms with E-state index in [9.17, 15) is 4.79 Å². The van der Waals surface area contributed by atoms with Gasteiger partial charge in [-0.15, -0.1) is 0 Å². The van der Waals surface area contributed by atoms with Crippen molar-refractivity contribution < 1.29 is 4.79 Å². The highest BCUT2D eigenvalue weighted by Crippen LogP contribution is 2.22. The van der Waals surface area contributed by atoms with Crippen LogP contribution < -0.4 is 11.1 Å². The average Bonchev–Trinajstić information content (AvgIpc) is 2.11. The summed E-state index contributed by atoms with van der Waals surface area (Å²) in [5, 5.41) is 3.31. The lowest BCUT2D eigenvalue weighted by Crippen LogP contribution is -2.20. The van der Waals surface area contributed by atoms with Crippen molar-refractivity contribution in [1.82, 2.24) is 0 Å². The number of carbonyl (C=O) groups is 1. The number of anilines is 1. The summed E-state index contributed by atoms with van der Waals surface area (Å²) >= 11 is 10.5. The van der Waals surface area contributed by atoms with Crippen LogP contribution in [0.5, 0.6) is 0 Å². The van der Waals surface area contributed by atoms with Gasteiger partial charge in [0, 0.05) is 10.7 Å². The van der Waals surface area contributed by atoms with E-state index in [1.807, 2.05) is 6.92 Å². The Morgan fingerprint density at radius 2 is 2.27 bits per heavy atom. The van der Waals surface area contributed by atoms with Crippen LogP contribution in [0.3, 0.4) is 0 Å². The molecule has 0 aliphatic heterocycles. The van der Waals surface area contributed by atoms with E-state index in [1.54, 1.807) is 18.2 Å². The van der Waals surface area contributed by atoms with Crippen molar-refractivity contribution in [2.45, 2.75) is 13.3 Å². The van der Waals surface area contributed by atoms with Crippen molar-refractivity contribution in [1.29, 1.82) is 0 Å². The molecule has 5 heteroatoms. The van der Waals surface area contributed by atoms with E-state index in [2.05, 4.69) is 17.5 Å². The van der Waals surface area contributed by atoms with E-state index < -0.39 is 0 Å². The van der Waals surface area contributed by atoms with E-state index in [4.69, 9.17) is 17.3 Å². The van der Waals surface area contributed by atoms with Crippen molar-refractivity contribution >= 4 is 40.4 Å². The zero-order valence-electron chi connectivity index (χ0n) is 8.21. The monoisotopic (exact) mass is 242 g/mol. The van der Waals surface area contributed by atoms with Gasteiger partial charge in [-0.1, -0.05) is 29.9 Å². The molecule has 80 valence electrons. The van der Waals surface area contributed by atoms with E-state index in [0.717, 1.165) is 5.56 Å². The summed E-state index contributed by atoms with van der Waals surface area (Å²) in [5.74, 6) is -0.229. The predicted molar refractivity (Wildman–Crippen MR) is 66.2 cm³/mol. The molecular formula is C10H11ClN2OS. The second-order valence-corrected chi connectivity index (χ2v) is 4.04. The maximum atomic E-state index is 11.4. The molecule has 3 N–H and O–H groups in total. The van der Waals surface area contributed by atoms with Crippen molar-refractivity contribution in [3.8, 4) is 0 Å². The minimum Gasteiger partial charge on any atom is -0.393 e. The van der Waals surface area contributed by atoms with Gasteiger partial charge in [0.1, 0.15) is 0 Å². The molecule has 15 heavy (non-hydrogen) atoms. The number of amides is 1. The topological polar surface area (TPSA) is 55.1 Å². The Balaban J connectivity index is 2.77. The van der Waals surface area contributed by atoms with E-state index in [0.29, 0.717) is 10.7 Å². The maximum absolute atomic E-state index is 11.4. The van der Waals surface area contributed by atoms with Crippen LogP contribution >= 0.6 is 23.8 Å². The second-order valence-electron chi connectivity index (χ2n) is 3.10. The highest BCUT2D eigenvalue weighted by molar-refractivity contribution is 7.80. The number of hydrogen-bond donors (Lipinski definition) is 2. The minimum atomic E-state index is -0.229. The van der Waals surface area contributed by atoms with Gasteiger partial charge in [-0.3, -0.25) is 4.79 Å². The van der Waals surface area contributed by atoms with Crippen LogP contribution in [0.25, 0.3) is 0 Å². The van der Waals surface area contributed by atoms with Gasteiger partial charge in [0.2, 0.25) is 5.91 Å². The molecule has 1 aromatic rings. The fourth-order valence-corrected chi connectivity index (χ4v) is 1.40. The van der Waals surface area contributed by atoms with Crippen LogP contribution in [-0.2, 0) is 4.79 Å². The average molecular weight is 243 g/mol. The van der Waals surface area contributed by atoms with Crippen LogP contribution in [0.2, 0.25) is 5.02 Å². The number of rotatable bonds is 3. The summed E-state index contributed by atoms with van der Waals surface area (Å²) in [6, 6.07) is 5.31. The number of nitrogens with two attached hydrogens (primary N) is 1. The first-order valence-electron chi connectivity index (χ1n) is 4.34. The quantitative estimate of drug-likeness (QED) is 0.800. The van der Waals surface area contributed by atoms with Gasteiger partial charge in [-0.05, 0) is 24.6 Å². The van der Waals surface area contributed by atoms with Crippen molar-refractivity contribution in [2.24, 2.45) is 5.73 Å². The second kappa shape index (κ2) is 5.09. The Labute approximate surface area is 98.6 Å². The first-order chi connectivity index (χ1) is 7.00. The molecule has 0 heterocycles. The molecule has 3 nitrogen and oxygen atoms in total. The molecule has 1 amide bonds. The molecule has 1 rings (SSSR count). The third kappa shape index (κ3) is 3.49. The Morgan fingerprint density at radius 3 is 2.87 bits per heavy atom. The molecule has 0 atom stereocenters. The Kier molecular flexibility index (Phi) is 4.05. The van der Waals surface area contributed by atoms with Crippen LogP contribution in [0.15, 0.2) is 18.2 Å². The Hall–Kier alpha value is -1.13. The van der Waals surface area contributed by atoms with Crippen molar-refractivity contribution in [3.63, 3.8) is 0 Å². The zero-order chi connectivity index (χ0) is 11.4. The number of benzene rings is 1. The molecule has 0 radical (unpaired) electrons. The van der Waals surface area contributed by atoms with Crippen LogP contribution in [-0.4, -0.2) is 10.9 Å². The molecule has 0 saturated heterocycles. The van der Waals surface area contributed by atoms with Gasteiger partial charge in [-0.25, -0.2) is 0 Å². The van der Waals surface area contributed by atoms with Gasteiger partial charge in [0.25, 0.3) is 0 Å². The number of halogens is 1. The van der Waals surface area contributed by atoms with E-state index in [-0.39, 0.29) is 17.3 Å². The lowest BCUT2D eigenvalue weighted by atomic mass is 10.2. The third-order valence-electron chi connectivity index (χ3n) is 1.88. The number of thiocarbonyl (C=S) groups is 1. The first kappa shape index (κ1) is 11.9. The van der Waals surface area contributed by atoms with Gasteiger partial charge >= 0.3 is 0 Å². The summed E-state index contributed by atoms with van der Waals surface area (Å²) in [5.41, 5.74) is 6.77. The van der Waals surface area contributed by atoms with Gasteiger partial charge in [0.15, 0.2) is 0 Å². The molecule has 0 aromatic heterocycles. The number of hydrogen-bond acceptors (Lipinski definition) is 2. The van der Waals surface area contributed by atoms with Crippen LogP contribution in [0.1, 0.15) is 12.0 Å². The highest BCUT2D eigenvalue weighted by atomic mass is 35.5. The normalized spacial score (nSPS) is 9.73. The molecule has 0 aliphatic rings. The molecule has 0 spiro atoms. The summed E-state index contributed by atoms with van der Waals surface area (Å²) in [6.07, 6.45) is 0.0429. The molecule has 0 unspecified atom stereocenters. The molecule has 0 bridgehead atoms. The van der Waals surface area contributed by atoms with Crippen LogP contribution in [0.4, 0.5) is 5.69 Å². The predicted octanol–water partition coefficient (Wildman–Crippen LogP) is 2.26. The fourth-order valence-electron chi connectivity index (χ4n) is 1.10. The highest BCUT2D eigenvalue weighted by Gasteiger charge is 2.07. The number of nitrogens with one attached hydrogen (secondary N) is 1. The SMILES string of the molecule is Cc1c(Cl)cccc1NC(=O)CC(N)=S. The molecule has 0 fully saturated rings. The summed E-state index contributed by atoms with van der Waals surface area (Å²) < 4.78 is 0. The van der Waals surface area contributed by atoms with Gasteiger partial charge in [0.05, 0.1) is 11.4 Å². The standard InChI is InChI=1S/C10H11ClN2OS/c1-6-7(11)3-2-4-8(6)13-10(14)5-9(12)15/h2-4H,5H2,1H3,(H2,12,15)(H,13,14). The molecule has 0 saturated carbocycles. The van der Waals surface area contributed by atoms with Crippen LogP contribution in [0, 0.1) is 6.92 Å². The molecule has 1 aromatic carbocycles. The molecule has 0 aliphatic carbocycles. The van der Waals surface area contributed by atoms with E-state index >= 15 is 0 Å². The Bertz CT molecular complexity index is 406.